The van der Waals surface area contributed by atoms with Gasteiger partial charge in [-0.1, -0.05) is 54.6 Å². The maximum Gasteiger partial charge on any atom is 0.331 e. The number of hydrogen-bond acceptors (Lipinski definition) is 3. The van der Waals surface area contributed by atoms with E-state index in [1.807, 2.05) is 24.5 Å². The van der Waals surface area contributed by atoms with Gasteiger partial charge in [0.25, 0.3) is 0 Å². The Balaban J connectivity index is 1.34. The predicted octanol–water partition coefficient (Wildman–Crippen LogP) is 5.13. The van der Waals surface area contributed by atoms with Gasteiger partial charge in [-0.05, 0) is 17.1 Å². The summed E-state index contributed by atoms with van der Waals surface area (Å²) in [6.07, 6.45) is 14.0. The Morgan fingerprint density at radius 1 is 0.971 bits per heavy atom. The summed E-state index contributed by atoms with van der Waals surface area (Å²) in [5.74, 6) is -0.329. The smallest absolute Gasteiger partial charge is 0.331 e. The molecule has 0 amide bonds. The number of carboxylic acids is 1. The minimum atomic E-state index is -0.930. The monoisotopic (exact) mass is 453 g/mol. The highest BCUT2D eigenvalue weighted by molar-refractivity contribution is 6.13. The number of likely N-dealkylation sites (tertiary alicyclic amines) is 1. The standard InChI is InChI=1S/C29H28N2O3/c32-28-23(6-7-24-20-25(29(33)34)8-9-27(24)28)14-19-31(26-10-15-30-16-11-26)17-12-22(13-18-31)21-4-2-1-3-5-21/h1-11,15-16,22H,12-14,17-20H2/p+1. The molecule has 34 heavy (non-hydrogen) atoms. The number of hydrogen-bond donors (Lipinski definition) is 1. The Kier molecular flexibility index (Phi) is 6.12. The Bertz CT molecular complexity index is 1210. The number of ketones is 1. The lowest BCUT2D eigenvalue weighted by molar-refractivity contribution is -0.132. The number of allylic oxidation sites excluding steroid dienone is 6. The van der Waals surface area contributed by atoms with Crippen molar-refractivity contribution in [2.24, 2.45) is 0 Å². The molecule has 1 aromatic heterocycles. The number of Topliss-reactive ketones (excluding diaryl/α,β-unsaturated/α-hetero) is 1. The number of carbonyl (C=O) groups excluding carboxylic acids is 1. The van der Waals surface area contributed by atoms with Crippen molar-refractivity contribution in [3.05, 3.63) is 107 Å². The first-order valence-electron chi connectivity index (χ1n) is 12.0. The lowest BCUT2D eigenvalue weighted by Gasteiger charge is -2.43. The maximum atomic E-state index is 13.2. The van der Waals surface area contributed by atoms with Gasteiger partial charge in [0.2, 0.25) is 0 Å². The molecular weight excluding hydrogens is 424 g/mol. The molecule has 2 aromatic rings. The van der Waals surface area contributed by atoms with Crippen LogP contribution in [-0.4, -0.2) is 41.5 Å². The molecule has 0 radical (unpaired) electrons. The number of piperidine rings is 1. The van der Waals surface area contributed by atoms with Crippen LogP contribution in [0.1, 0.15) is 37.2 Å². The van der Waals surface area contributed by atoms with E-state index in [0.717, 1.165) is 48.1 Å². The van der Waals surface area contributed by atoms with Crippen LogP contribution in [0.4, 0.5) is 5.69 Å². The first-order chi connectivity index (χ1) is 16.6. The summed E-state index contributed by atoms with van der Waals surface area (Å²) in [4.78, 5) is 28.7. The fourth-order valence-electron chi connectivity index (χ4n) is 5.54. The second-order valence-electron chi connectivity index (χ2n) is 9.42. The highest BCUT2D eigenvalue weighted by Gasteiger charge is 2.37. The molecule has 0 atom stereocenters. The van der Waals surface area contributed by atoms with E-state index < -0.39 is 5.97 Å². The minimum Gasteiger partial charge on any atom is -0.478 e. The molecular formula is C29H29N2O3+. The lowest BCUT2D eigenvalue weighted by atomic mass is 9.83. The van der Waals surface area contributed by atoms with E-state index >= 15 is 0 Å². The number of pyridine rings is 1. The van der Waals surface area contributed by atoms with Crippen LogP contribution in [0.5, 0.6) is 0 Å². The Labute approximate surface area is 200 Å². The van der Waals surface area contributed by atoms with Crippen molar-refractivity contribution in [3.63, 3.8) is 0 Å². The zero-order chi connectivity index (χ0) is 23.5. The summed E-state index contributed by atoms with van der Waals surface area (Å²) < 4.78 is 0.856. The summed E-state index contributed by atoms with van der Waals surface area (Å²) >= 11 is 0. The van der Waals surface area contributed by atoms with E-state index in [4.69, 9.17) is 0 Å². The van der Waals surface area contributed by atoms with Crippen molar-refractivity contribution >= 4 is 17.4 Å². The van der Waals surface area contributed by atoms with Crippen LogP contribution >= 0.6 is 0 Å². The third kappa shape index (κ3) is 4.31. The molecule has 1 fully saturated rings. The molecule has 1 saturated heterocycles. The van der Waals surface area contributed by atoms with Crippen molar-refractivity contribution in [2.75, 3.05) is 19.6 Å². The van der Waals surface area contributed by atoms with Crippen molar-refractivity contribution in [1.82, 2.24) is 9.47 Å². The van der Waals surface area contributed by atoms with Gasteiger partial charge < -0.3 is 5.11 Å². The Hall–Kier alpha value is -3.57. The van der Waals surface area contributed by atoms with Gasteiger partial charge in [-0.2, -0.15) is 0 Å². The molecule has 5 heteroatoms. The van der Waals surface area contributed by atoms with Gasteiger partial charge in [0, 0.05) is 66.9 Å². The number of rotatable bonds is 6. The number of fused-ring (bicyclic) bond motifs is 1. The van der Waals surface area contributed by atoms with Gasteiger partial charge >= 0.3 is 5.97 Å². The quantitative estimate of drug-likeness (QED) is 0.616. The summed E-state index contributed by atoms with van der Waals surface area (Å²) in [6.45, 7) is 2.91. The second kappa shape index (κ2) is 9.35. The summed E-state index contributed by atoms with van der Waals surface area (Å²) in [5, 5.41) is 9.27. The summed E-state index contributed by atoms with van der Waals surface area (Å²) in [6, 6.07) is 15.0. The molecule has 2 heterocycles. The van der Waals surface area contributed by atoms with Crippen LogP contribution < -0.4 is 4.48 Å². The van der Waals surface area contributed by atoms with Gasteiger partial charge in [-0.15, -0.1) is 0 Å². The molecule has 1 N–H and O–H groups in total. The van der Waals surface area contributed by atoms with Crippen LogP contribution in [0.3, 0.4) is 0 Å². The van der Waals surface area contributed by atoms with E-state index in [0.29, 0.717) is 29.9 Å². The van der Waals surface area contributed by atoms with Gasteiger partial charge in [0.15, 0.2) is 5.78 Å². The Morgan fingerprint density at radius 2 is 1.71 bits per heavy atom. The number of carbonyl (C=O) groups is 2. The molecule has 172 valence electrons. The zero-order valence-electron chi connectivity index (χ0n) is 19.2. The molecule has 1 aromatic carbocycles. The molecule has 3 aliphatic rings. The molecule has 2 aliphatic carbocycles. The SMILES string of the molecule is O=C(O)C1=CC=C2C(=O)C(CC[N+]3(c4ccncc4)CCC(c4ccccc4)CC3)=CC=C2C1. The van der Waals surface area contributed by atoms with Crippen molar-refractivity contribution < 1.29 is 14.7 Å². The molecule has 0 bridgehead atoms. The highest BCUT2D eigenvalue weighted by Crippen LogP contribution is 2.37. The fourth-order valence-corrected chi connectivity index (χ4v) is 5.54. The lowest BCUT2D eigenvalue weighted by Crippen LogP contribution is -2.54. The van der Waals surface area contributed by atoms with Gasteiger partial charge in [-0.3, -0.25) is 14.3 Å². The second-order valence-corrected chi connectivity index (χ2v) is 9.42. The topological polar surface area (TPSA) is 67.3 Å². The van der Waals surface area contributed by atoms with E-state index in [1.54, 1.807) is 12.2 Å². The number of benzene rings is 1. The number of aliphatic carboxylic acids is 1. The number of carboxylic acid groups (broad SMARTS) is 1. The first-order valence-corrected chi connectivity index (χ1v) is 12.0. The van der Waals surface area contributed by atoms with E-state index in [9.17, 15) is 14.7 Å². The molecule has 1 aliphatic heterocycles. The van der Waals surface area contributed by atoms with Crippen LogP contribution in [0.25, 0.3) is 0 Å². The largest absolute Gasteiger partial charge is 0.478 e. The van der Waals surface area contributed by atoms with Crippen molar-refractivity contribution in [1.29, 1.82) is 0 Å². The normalized spacial score (nSPS) is 24.4. The predicted molar refractivity (Wildman–Crippen MR) is 133 cm³/mol. The third-order valence-electron chi connectivity index (χ3n) is 7.58. The average molecular weight is 454 g/mol. The van der Waals surface area contributed by atoms with Crippen LogP contribution in [-0.2, 0) is 9.59 Å². The molecule has 5 rings (SSSR count). The summed E-state index contributed by atoms with van der Waals surface area (Å²) in [7, 11) is 0. The number of aromatic nitrogens is 1. The number of quaternary nitrogens is 1. The maximum absolute atomic E-state index is 13.2. The minimum absolute atomic E-state index is 0.0326. The third-order valence-corrected chi connectivity index (χ3v) is 7.58. The van der Waals surface area contributed by atoms with Crippen molar-refractivity contribution in [2.45, 2.75) is 31.6 Å². The Morgan fingerprint density at radius 3 is 2.41 bits per heavy atom. The molecule has 0 spiro atoms. The van der Waals surface area contributed by atoms with Gasteiger partial charge in [-0.25, -0.2) is 4.79 Å². The zero-order valence-corrected chi connectivity index (χ0v) is 19.2. The van der Waals surface area contributed by atoms with Crippen molar-refractivity contribution in [3.8, 4) is 0 Å². The average Bonchev–Trinajstić information content (AvgIpc) is 2.89. The molecule has 5 nitrogen and oxygen atoms in total. The fraction of sp³-hybridized carbons (Fsp3) is 0.276. The molecule has 0 saturated carbocycles. The van der Waals surface area contributed by atoms with E-state index in [-0.39, 0.29) is 5.78 Å². The molecule has 0 unspecified atom stereocenters. The highest BCUT2D eigenvalue weighted by atomic mass is 16.4. The van der Waals surface area contributed by atoms with Crippen LogP contribution in [0, 0.1) is 0 Å². The number of nitrogens with zero attached hydrogens (tertiary/aromatic N) is 2. The first kappa shape index (κ1) is 22.2. The summed E-state index contributed by atoms with van der Waals surface area (Å²) in [5.41, 5.74) is 5.24. The van der Waals surface area contributed by atoms with Gasteiger partial charge in [0.05, 0.1) is 19.6 Å². The van der Waals surface area contributed by atoms with E-state index in [1.165, 1.54) is 11.3 Å². The van der Waals surface area contributed by atoms with Crippen LogP contribution in [0.2, 0.25) is 0 Å². The van der Waals surface area contributed by atoms with E-state index in [2.05, 4.69) is 47.4 Å². The van der Waals surface area contributed by atoms with Crippen LogP contribution in [0.15, 0.2) is 101 Å². The van der Waals surface area contributed by atoms with Gasteiger partial charge in [0.1, 0.15) is 5.69 Å².